The summed E-state index contributed by atoms with van der Waals surface area (Å²) in [4.78, 5) is 10.8. The number of nitrogens with one attached hydrogen (secondary N) is 1. The lowest BCUT2D eigenvalue weighted by Gasteiger charge is -2.13. The SMILES string of the molecule is Cc1ccc(F)c(NCC2CC(F)(F)C(=O)O2)c1F. The molecule has 0 radical (unpaired) electrons. The normalized spacial score (nSPS) is 21.3. The Hall–Kier alpha value is -1.79. The third-order valence-corrected chi connectivity index (χ3v) is 2.85. The molecule has 0 spiro atoms. The fourth-order valence-electron chi connectivity index (χ4n) is 1.80. The topological polar surface area (TPSA) is 38.3 Å². The fourth-order valence-corrected chi connectivity index (χ4v) is 1.80. The van der Waals surface area contributed by atoms with Gasteiger partial charge in [-0.2, -0.15) is 8.78 Å². The molecule has 1 aliphatic heterocycles. The maximum absolute atomic E-state index is 13.6. The molecule has 1 unspecified atom stereocenters. The van der Waals surface area contributed by atoms with Crippen molar-refractivity contribution in [1.29, 1.82) is 0 Å². The number of esters is 1. The van der Waals surface area contributed by atoms with E-state index in [9.17, 15) is 22.4 Å². The summed E-state index contributed by atoms with van der Waals surface area (Å²) in [5, 5.41) is 2.36. The zero-order chi connectivity index (χ0) is 14.2. The van der Waals surface area contributed by atoms with Crippen LogP contribution in [0.1, 0.15) is 12.0 Å². The first-order chi connectivity index (χ1) is 8.81. The maximum Gasteiger partial charge on any atom is 0.377 e. The maximum atomic E-state index is 13.6. The third-order valence-electron chi connectivity index (χ3n) is 2.85. The Balaban J connectivity index is 2.05. The summed E-state index contributed by atoms with van der Waals surface area (Å²) in [6.45, 7) is 1.17. The molecule has 1 fully saturated rings. The molecule has 0 aliphatic carbocycles. The summed E-state index contributed by atoms with van der Waals surface area (Å²) in [5.74, 6) is -6.77. The second kappa shape index (κ2) is 4.71. The number of hydrogen-bond donors (Lipinski definition) is 1. The van der Waals surface area contributed by atoms with E-state index in [1.54, 1.807) is 0 Å². The molecule has 0 saturated carbocycles. The van der Waals surface area contributed by atoms with E-state index in [2.05, 4.69) is 10.1 Å². The number of carbonyl (C=O) groups excluding carboxylic acids is 1. The van der Waals surface area contributed by atoms with Crippen molar-refractivity contribution >= 4 is 11.7 Å². The summed E-state index contributed by atoms with van der Waals surface area (Å²) < 4.78 is 57.2. The van der Waals surface area contributed by atoms with Gasteiger partial charge >= 0.3 is 11.9 Å². The standard InChI is InChI=1S/C12H11F4NO2/c1-6-2-3-8(13)10(9(6)14)17-5-7-4-12(15,16)11(18)19-7/h2-3,7,17H,4-5H2,1H3. The minimum Gasteiger partial charge on any atom is -0.456 e. The van der Waals surface area contributed by atoms with Crippen LogP contribution >= 0.6 is 0 Å². The molecule has 1 N–H and O–H groups in total. The van der Waals surface area contributed by atoms with E-state index in [1.165, 1.54) is 13.0 Å². The van der Waals surface area contributed by atoms with E-state index in [0.29, 0.717) is 0 Å². The average molecular weight is 277 g/mol. The van der Waals surface area contributed by atoms with Gasteiger partial charge in [-0.25, -0.2) is 13.6 Å². The van der Waals surface area contributed by atoms with Gasteiger partial charge in [-0.15, -0.1) is 0 Å². The van der Waals surface area contributed by atoms with E-state index in [1.807, 2.05) is 0 Å². The molecule has 3 nitrogen and oxygen atoms in total. The van der Waals surface area contributed by atoms with Gasteiger partial charge in [-0.05, 0) is 18.6 Å². The first-order valence-corrected chi connectivity index (χ1v) is 5.58. The van der Waals surface area contributed by atoms with E-state index in [4.69, 9.17) is 0 Å². The van der Waals surface area contributed by atoms with Crippen LogP contribution < -0.4 is 5.32 Å². The second-order valence-corrected chi connectivity index (χ2v) is 4.37. The highest BCUT2D eigenvalue weighted by Crippen LogP contribution is 2.31. The highest BCUT2D eigenvalue weighted by Gasteiger charge is 2.50. The van der Waals surface area contributed by atoms with Crippen molar-refractivity contribution in [2.75, 3.05) is 11.9 Å². The number of aryl methyl sites for hydroxylation is 1. The van der Waals surface area contributed by atoms with Crippen molar-refractivity contribution < 1.29 is 27.1 Å². The lowest BCUT2D eigenvalue weighted by atomic mass is 10.1. The number of rotatable bonds is 3. The minimum absolute atomic E-state index is 0.220. The van der Waals surface area contributed by atoms with Crippen molar-refractivity contribution in [2.24, 2.45) is 0 Å². The van der Waals surface area contributed by atoms with Crippen molar-refractivity contribution in [3.05, 3.63) is 29.3 Å². The van der Waals surface area contributed by atoms with Crippen molar-refractivity contribution in [2.45, 2.75) is 25.4 Å². The van der Waals surface area contributed by atoms with E-state index >= 15 is 0 Å². The number of cyclic esters (lactones) is 1. The lowest BCUT2D eigenvalue weighted by molar-refractivity contribution is -0.158. The highest BCUT2D eigenvalue weighted by atomic mass is 19.3. The molecule has 1 aliphatic rings. The molecule has 2 rings (SSSR count). The Morgan fingerprint density at radius 1 is 1.42 bits per heavy atom. The van der Waals surface area contributed by atoms with Gasteiger partial charge in [0.2, 0.25) is 0 Å². The molecule has 0 aromatic heterocycles. The van der Waals surface area contributed by atoms with Crippen LogP contribution in [0.2, 0.25) is 0 Å². The summed E-state index contributed by atoms with van der Waals surface area (Å²) in [7, 11) is 0. The molecular weight excluding hydrogens is 266 g/mol. The number of halogens is 4. The number of anilines is 1. The molecule has 1 aromatic rings. The van der Waals surface area contributed by atoms with Gasteiger partial charge in [0.05, 0.1) is 13.0 Å². The van der Waals surface area contributed by atoms with Gasteiger partial charge in [0.25, 0.3) is 0 Å². The fraction of sp³-hybridized carbons (Fsp3) is 0.417. The summed E-state index contributed by atoms with van der Waals surface area (Å²) >= 11 is 0. The molecule has 104 valence electrons. The van der Waals surface area contributed by atoms with Gasteiger partial charge < -0.3 is 10.1 Å². The molecular formula is C12H11F4NO2. The van der Waals surface area contributed by atoms with Crippen LogP contribution in [0.15, 0.2) is 12.1 Å². The Kier molecular flexibility index (Phi) is 3.38. The summed E-state index contributed by atoms with van der Waals surface area (Å²) in [6, 6.07) is 2.33. The number of ether oxygens (including phenoxy) is 1. The number of hydrogen-bond acceptors (Lipinski definition) is 3. The third kappa shape index (κ3) is 2.64. The Labute approximate surface area is 106 Å². The van der Waals surface area contributed by atoms with Gasteiger partial charge in [0.15, 0.2) is 5.82 Å². The molecule has 0 amide bonds. The monoisotopic (exact) mass is 277 g/mol. The average Bonchev–Trinajstić information content (AvgIpc) is 2.58. The molecule has 1 heterocycles. The summed E-state index contributed by atoms with van der Waals surface area (Å²) in [6.07, 6.45) is -1.91. The van der Waals surface area contributed by atoms with Crippen LogP contribution in [-0.4, -0.2) is 24.5 Å². The smallest absolute Gasteiger partial charge is 0.377 e. The molecule has 1 saturated heterocycles. The van der Waals surface area contributed by atoms with Crippen LogP contribution in [0.5, 0.6) is 0 Å². The Morgan fingerprint density at radius 3 is 2.68 bits per heavy atom. The van der Waals surface area contributed by atoms with Gasteiger partial charge in [0.1, 0.15) is 17.6 Å². The molecule has 19 heavy (non-hydrogen) atoms. The van der Waals surface area contributed by atoms with E-state index in [-0.39, 0.29) is 12.1 Å². The first-order valence-electron chi connectivity index (χ1n) is 5.58. The highest BCUT2D eigenvalue weighted by molar-refractivity contribution is 5.79. The van der Waals surface area contributed by atoms with E-state index < -0.39 is 41.7 Å². The molecule has 0 bridgehead atoms. The lowest BCUT2D eigenvalue weighted by Crippen LogP contribution is -2.22. The largest absolute Gasteiger partial charge is 0.456 e. The minimum atomic E-state index is -3.53. The predicted octanol–water partition coefficient (Wildman–Crippen LogP) is 2.64. The van der Waals surface area contributed by atoms with Crippen LogP contribution in [0.3, 0.4) is 0 Å². The van der Waals surface area contributed by atoms with Gasteiger partial charge in [-0.1, -0.05) is 6.07 Å². The number of alkyl halides is 2. The zero-order valence-electron chi connectivity index (χ0n) is 9.97. The Morgan fingerprint density at radius 2 is 2.11 bits per heavy atom. The van der Waals surface area contributed by atoms with Crippen molar-refractivity contribution in [3.8, 4) is 0 Å². The quantitative estimate of drug-likeness (QED) is 0.682. The number of carbonyl (C=O) groups is 1. The van der Waals surface area contributed by atoms with Crippen LogP contribution in [0.4, 0.5) is 23.2 Å². The Bertz CT molecular complexity index is 519. The van der Waals surface area contributed by atoms with Gasteiger partial charge in [-0.3, -0.25) is 0 Å². The van der Waals surface area contributed by atoms with E-state index in [0.717, 1.165) is 6.07 Å². The second-order valence-electron chi connectivity index (χ2n) is 4.37. The van der Waals surface area contributed by atoms with Crippen LogP contribution in [0.25, 0.3) is 0 Å². The summed E-state index contributed by atoms with van der Waals surface area (Å²) in [5.41, 5.74) is -0.191. The molecule has 1 aromatic carbocycles. The zero-order valence-corrected chi connectivity index (χ0v) is 9.97. The van der Waals surface area contributed by atoms with Crippen LogP contribution in [-0.2, 0) is 9.53 Å². The van der Waals surface area contributed by atoms with Crippen molar-refractivity contribution in [3.63, 3.8) is 0 Å². The number of benzene rings is 1. The van der Waals surface area contributed by atoms with Crippen LogP contribution in [0, 0.1) is 18.6 Å². The predicted molar refractivity (Wildman–Crippen MR) is 59.0 cm³/mol. The molecule has 1 atom stereocenters. The van der Waals surface area contributed by atoms with Crippen molar-refractivity contribution in [1.82, 2.24) is 0 Å². The molecule has 7 heteroatoms. The van der Waals surface area contributed by atoms with Gasteiger partial charge in [0, 0.05) is 0 Å². The first kappa shape index (κ1) is 13.6.